The molecule has 1 amide bonds. The van der Waals surface area contributed by atoms with E-state index in [1.807, 2.05) is 42.5 Å². The van der Waals surface area contributed by atoms with Crippen molar-refractivity contribution in [1.82, 2.24) is 4.98 Å². The third-order valence-electron chi connectivity index (χ3n) is 3.98. The Morgan fingerprint density at radius 2 is 1.92 bits per heavy atom. The minimum atomic E-state index is -0.505. The van der Waals surface area contributed by atoms with Crippen LogP contribution in [0.15, 0.2) is 71.3 Å². The Labute approximate surface area is 159 Å². The second kappa shape index (κ2) is 8.10. The van der Waals surface area contributed by atoms with Gasteiger partial charge in [-0.1, -0.05) is 30.3 Å². The van der Waals surface area contributed by atoms with Crippen molar-refractivity contribution in [2.24, 2.45) is 0 Å². The van der Waals surface area contributed by atoms with Gasteiger partial charge in [0.05, 0.1) is 23.0 Å². The lowest BCUT2D eigenvalue weighted by molar-refractivity contribution is -0.117. The second-order valence-corrected chi connectivity index (χ2v) is 6.78. The Hall–Kier alpha value is -2.73. The number of nitrogens with zero attached hydrogens (tertiary/aromatic N) is 1. The van der Waals surface area contributed by atoms with Crippen molar-refractivity contribution in [3.05, 3.63) is 88.4 Å². The smallest absolute Gasteiger partial charge is 0.233 e. The zero-order valence-corrected chi connectivity index (χ0v) is 15.4. The maximum absolute atomic E-state index is 13.2. The molecule has 1 heterocycles. The number of amides is 1. The molecule has 3 N–H and O–H groups in total. The highest BCUT2D eigenvalue weighted by atomic mass is 79.9. The van der Waals surface area contributed by atoms with Crippen LogP contribution in [-0.4, -0.2) is 10.9 Å². The number of aromatic nitrogens is 1. The van der Waals surface area contributed by atoms with Gasteiger partial charge in [0.2, 0.25) is 5.91 Å². The number of nitrogens with one attached hydrogen (secondary N) is 1. The minimum Gasteiger partial charge on any atom is -0.397 e. The van der Waals surface area contributed by atoms with E-state index in [0.717, 1.165) is 10.0 Å². The van der Waals surface area contributed by atoms with Crippen LogP contribution in [-0.2, 0) is 11.2 Å². The van der Waals surface area contributed by atoms with Crippen LogP contribution < -0.4 is 11.1 Å². The van der Waals surface area contributed by atoms with Crippen molar-refractivity contribution in [2.75, 3.05) is 11.1 Å². The maximum atomic E-state index is 13.2. The molecular formula is C20H17BrFN3O. The summed E-state index contributed by atoms with van der Waals surface area (Å²) in [5.74, 6) is -1.20. The van der Waals surface area contributed by atoms with Gasteiger partial charge >= 0.3 is 0 Å². The molecule has 1 atom stereocenters. The van der Waals surface area contributed by atoms with E-state index in [0.29, 0.717) is 17.8 Å². The van der Waals surface area contributed by atoms with Gasteiger partial charge in [-0.2, -0.15) is 0 Å². The van der Waals surface area contributed by atoms with E-state index in [-0.39, 0.29) is 11.6 Å². The fourth-order valence-corrected chi connectivity index (χ4v) is 2.88. The highest BCUT2D eigenvalue weighted by molar-refractivity contribution is 9.10. The van der Waals surface area contributed by atoms with Crippen molar-refractivity contribution >= 4 is 33.2 Å². The molecule has 0 aliphatic rings. The largest absolute Gasteiger partial charge is 0.397 e. The summed E-state index contributed by atoms with van der Waals surface area (Å²) in [5, 5.41) is 2.79. The lowest BCUT2D eigenvalue weighted by Crippen LogP contribution is -2.24. The SMILES string of the molecule is Nc1cc(F)ccc1NC(=O)C(Cc1ccccc1)c1ccc(Br)cn1. The fourth-order valence-electron chi connectivity index (χ4n) is 2.64. The second-order valence-electron chi connectivity index (χ2n) is 5.86. The highest BCUT2D eigenvalue weighted by Gasteiger charge is 2.23. The minimum absolute atomic E-state index is 0.181. The van der Waals surface area contributed by atoms with Crippen LogP contribution in [0.4, 0.5) is 15.8 Å². The van der Waals surface area contributed by atoms with Crippen molar-refractivity contribution in [2.45, 2.75) is 12.3 Å². The van der Waals surface area contributed by atoms with Crippen LogP contribution in [0.1, 0.15) is 17.2 Å². The third-order valence-corrected chi connectivity index (χ3v) is 4.45. The predicted molar refractivity (Wildman–Crippen MR) is 104 cm³/mol. The number of benzene rings is 2. The topological polar surface area (TPSA) is 68.0 Å². The molecule has 1 unspecified atom stereocenters. The Morgan fingerprint density at radius 1 is 1.15 bits per heavy atom. The number of hydrogen-bond donors (Lipinski definition) is 2. The Bertz CT molecular complexity index is 901. The van der Waals surface area contributed by atoms with Gasteiger partial charge < -0.3 is 11.1 Å². The number of rotatable bonds is 5. The molecule has 6 heteroatoms. The van der Waals surface area contributed by atoms with E-state index < -0.39 is 11.7 Å². The normalized spacial score (nSPS) is 11.8. The molecule has 1 aromatic heterocycles. The number of halogens is 2. The van der Waals surface area contributed by atoms with Gasteiger partial charge in [-0.25, -0.2) is 4.39 Å². The van der Waals surface area contributed by atoms with Crippen molar-refractivity contribution < 1.29 is 9.18 Å². The first-order valence-electron chi connectivity index (χ1n) is 8.04. The molecule has 0 saturated heterocycles. The van der Waals surface area contributed by atoms with E-state index in [1.54, 1.807) is 6.20 Å². The highest BCUT2D eigenvalue weighted by Crippen LogP contribution is 2.25. The van der Waals surface area contributed by atoms with E-state index in [9.17, 15) is 9.18 Å². The van der Waals surface area contributed by atoms with E-state index in [1.165, 1.54) is 18.2 Å². The number of hydrogen-bond acceptors (Lipinski definition) is 3. The number of carbonyl (C=O) groups excluding carboxylic acids is 1. The van der Waals surface area contributed by atoms with Gasteiger partial charge in [-0.15, -0.1) is 0 Å². The van der Waals surface area contributed by atoms with Crippen molar-refractivity contribution in [3.63, 3.8) is 0 Å². The van der Waals surface area contributed by atoms with Crippen LogP contribution in [0.3, 0.4) is 0 Å². The van der Waals surface area contributed by atoms with Gasteiger partial charge in [0.1, 0.15) is 5.82 Å². The number of nitrogen functional groups attached to an aromatic ring is 1. The lowest BCUT2D eigenvalue weighted by atomic mass is 9.94. The van der Waals surface area contributed by atoms with Crippen LogP contribution in [0.5, 0.6) is 0 Å². The summed E-state index contributed by atoms with van der Waals surface area (Å²) in [5.41, 5.74) is 8.03. The standard InChI is InChI=1S/C20H17BrFN3O/c21-14-6-8-18(24-12-14)16(10-13-4-2-1-3-5-13)20(26)25-19-9-7-15(22)11-17(19)23/h1-9,11-12,16H,10,23H2,(H,25,26). The summed E-state index contributed by atoms with van der Waals surface area (Å²) >= 11 is 3.35. The van der Waals surface area contributed by atoms with E-state index in [2.05, 4.69) is 26.2 Å². The summed E-state index contributed by atoms with van der Waals surface area (Å²) in [7, 11) is 0. The molecule has 4 nitrogen and oxygen atoms in total. The average Bonchev–Trinajstić information content (AvgIpc) is 2.64. The number of nitrogens with two attached hydrogens (primary N) is 1. The summed E-state index contributed by atoms with van der Waals surface area (Å²) in [6.07, 6.45) is 2.15. The number of anilines is 2. The van der Waals surface area contributed by atoms with E-state index >= 15 is 0 Å². The molecule has 132 valence electrons. The number of pyridine rings is 1. The zero-order chi connectivity index (χ0) is 18.5. The first kappa shape index (κ1) is 18.1. The first-order chi connectivity index (χ1) is 12.5. The summed E-state index contributed by atoms with van der Waals surface area (Å²) in [6.45, 7) is 0. The molecule has 0 aliphatic carbocycles. The van der Waals surface area contributed by atoms with Crippen molar-refractivity contribution in [1.29, 1.82) is 0 Å². The Morgan fingerprint density at radius 3 is 2.58 bits per heavy atom. The van der Waals surface area contributed by atoms with E-state index in [4.69, 9.17) is 5.73 Å². The lowest BCUT2D eigenvalue weighted by Gasteiger charge is -2.17. The van der Waals surface area contributed by atoms with Gasteiger partial charge in [0.25, 0.3) is 0 Å². The predicted octanol–water partition coefficient (Wildman–Crippen LogP) is 4.53. The quantitative estimate of drug-likeness (QED) is 0.603. The van der Waals surface area contributed by atoms with Gasteiger partial charge in [0.15, 0.2) is 0 Å². The number of carbonyl (C=O) groups is 1. The molecule has 0 bridgehead atoms. The molecule has 3 aromatic rings. The maximum Gasteiger partial charge on any atom is 0.233 e. The third kappa shape index (κ3) is 4.46. The summed E-state index contributed by atoms with van der Waals surface area (Å²) in [6, 6.07) is 17.3. The molecule has 2 aromatic carbocycles. The molecule has 0 aliphatic heterocycles. The Kier molecular flexibility index (Phi) is 5.63. The fraction of sp³-hybridized carbons (Fsp3) is 0.100. The average molecular weight is 414 g/mol. The molecule has 0 radical (unpaired) electrons. The molecule has 26 heavy (non-hydrogen) atoms. The van der Waals surface area contributed by atoms with Gasteiger partial charge in [-0.3, -0.25) is 9.78 Å². The summed E-state index contributed by atoms with van der Waals surface area (Å²) in [4.78, 5) is 17.3. The van der Waals surface area contributed by atoms with Crippen LogP contribution in [0.2, 0.25) is 0 Å². The molecule has 0 spiro atoms. The van der Waals surface area contributed by atoms with Crippen LogP contribution in [0, 0.1) is 5.82 Å². The summed E-state index contributed by atoms with van der Waals surface area (Å²) < 4.78 is 14.1. The molecule has 0 fully saturated rings. The van der Waals surface area contributed by atoms with Crippen molar-refractivity contribution in [3.8, 4) is 0 Å². The Balaban J connectivity index is 1.88. The monoisotopic (exact) mass is 413 g/mol. The molecule has 0 saturated carbocycles. The van der Waals surface area contributed by atoms with Gasteiger partial charge in [0, 0.05) is 10.7 Å². The first-order valence-corrected chi connectivity index (χ1v) is 8.83. The molecular weight excluding hydrogens is 397 g/mol. The molecule has 3 rings (SSSR count). The zero-order valence-electron chi connectivity index (χ0n) is 13.8. The van der Waals surface area contributed by atoms with Crippen LogP contribution in [0.25, 0.3) is 0 Å². The van der Waals surface area contributed by atoms with Gasteiger partial charge in [-0.05, 0) is 58.2 Å². The van der Waals surface area contributed by atoms with Crippen LogP contribution >= 0.6 is 15.9 Å².